The number of ether oxygens (including phenoxy) is 4. The van der Waals surface area contributed by atoms with Crippen molar-refractivity contribution in [2.75, 3.05) is 13.2 Å². The van der Waals surface area contributed by atoms with Crippen LogP contribution in [-0.4, -0.2) is 37.1 Å². The second-order valence-electron chi connectivity index (χ2n) is 10.8. The highest BCUT2D eigenvalue weighted by molar-refractivity contribution is 5.91. The highest BCUT2D eigenvalue weighted by Gasteiger charge is 2.24. The zero-order chi connectivity index (χ0) is 31.4. The van der Waals surface area contributed by atoms with E-state index in [0.29, 0.717) is 17.7 Å². The number of hydrogen-bond acceptors (Lipinski definition) is 9. The summed E-state index contributed by atoms with van der Waals surface area (Å²) in [4.78, 5) is 48.8. The second-order valence-corrected chi connectivity index (χ2v) is 10.8. The monoisotopic (exact) mass is 585 g/mol. The fourth-order valence-corrected chi connectivity index (χ4v) is 3.63. The molecule has 0 aliphatic carbocycles. The van der Waals surface area contributed by atoms with Gasteiger partial charge in [0.25, 0.3) is 0 Å². The lowest BCUT2D eigenvalue weighted by atomic mass is 9.96. The van der Waals surface area contributed by atoms with Crippen molar-refractivity contribution in [1.82, 2.24) is 0 Å². The highest BCUT2D eigenvalue weighted by Crippen LogP contribution is 2.24. The minimum Gasteiger partial charge on any atom is -0.465 e. The van der Waals surface area contributed by atoms with Gasteiger partial charge in [0.05, 0.1) is 49.2 Å². The van der Waals surface area contributed by atoms with Crippen LogP contribution < -0.4 is 9.47 Å². The van der Waals surface area contributed by atoms with Gasteiger partial charge in [0.2, 0.25) is 0 Å². The van der Waals surface area contributed by atoms with Crippen LogP contribution in [0, 0.1) is 22.7 Å². The van der Waals surface area contributed by atoms with Crippen molar-refractivity contribution in [3.05, 3.63) is 83.9 Å². The normalized spacial score (nSPS) is 11.5. The number of nitrogens with zero attached hydrogens (tertiary/aromatic N) is 1. The first kappa shape index (κ1) is 32.5. The van der Waals surface area contributed by atoms with Crippen LogP contribution >= 0.6 is 0 Å². The fraction of sp³-hybridized carbons (Fsp3) is 0.324. The van der Waals surface area contributed by atoms with E-state index in [1.807, 2.05) is 45.0 Å². The first-order valence-electron chi connectivity index (χ1n) is 14.0. The van der Waals surface area contributed by atoms with Gasteiger partial charge in [0, 0.05) is 5.41 Å². The van der Waals surface area contributed by atoms with Gasteiger partial charge in [-0.15, -0.1) is 0 Å². The van der Waals surface area contributed by atoms with Gasteiger partial charge in [-0.25, -0.2) is 4.79 Å². The van der Waals surface area contributed by atoms with Gasteiger partial charge in [-0.1, -0.05) is 52.0 Å². The quantitative estimate of drug-likeness (QED) is 0.168. The third-order valence-corrected chi connectivity index (χ3v) is 6.51. The van der Waals surface area contributed by atoms with E-state index in [0.717, 1.165) is 11.1 Å². The first-order valence-corrected chi connectivity index (χ1v) is 14.0. The van der Waals surface area contributed by atoms with E-state index in [4.69, 9.17) is 24.2 Å². The molecule has 43 heavy (non-hydrogen) atoms. The molecule has 0 saturated heterocycles. The largest absolute Gasteiger partial charge is 0.465 e. The molecule has 1 atom stereocenters. The minimum atomic E-state index is -0.628. The number of carbonyl (C=O) groups is 4. The van der Waals surface area contributed by atoms with Crippen LogP contribution in [0.4, 0.5) is 0 Å². The van der Waals surface area contributed by atoms with E-state index in [9.17, 15) is 19.2 Å². The summed E-state index contributed by atoms with van der Waals surface area (Å²) in [7, 11) is 0. The average molecular weight is 586 g/mol. The Bertz CT molecular complexity index is 1450. The molecular formula is C34H35NO8. The molecule has 0 saturated carbocycles. The van der Waals surface area contributed by atoms with Gasteiger partial charge in [-0.2, -0.15) is 5.26 Å². The van der Waals surface area contributed by atoms with Gasteiger partial charge >= 0.3 is 23.9 Å². The van der Waals surface area contributed by atoms with Crippen molar-refractivity contribution in [1.29, 1.82) is 5.26 Å². The summed E-state index contributed by atoms with van der Waals surface area (Å²) in [5.74, 6) is -1.69. The maximum Gasteiger partial charge on any atom is 0.343 e. The standard InChI is InChI=1S/C34H35NO8/c1-5-23(2)32(38)41-22-34(3,4)21-40-30(36)18-19-31(37)42-28-16-12-27(13-17-28)33(39)43-29-14-10-26(11-15-29)25-8-6-24(20-35)7-9-25/h6-17,23H,5,18-19,21-22H2,1-4H3. The van der Waals surface area contributed by atoms with Crippen LogP contribution in [0.5, 0.6) is 11.5 Å². The van der Waals surface area contributed by atoms with Gasteiger partial charge in [-0.05, 0) is 66.1 Å². The molecule has 0 amide bonds. The fourth-order valence-electron chi connectivity index (χ4n) is 3.63. The average Bonchev–Trinajstić information content (AvgIpc) is 3.02. The van der Waals surface area contributed by atoms with Crippen molar-refractivity contribution in [2.45, 2.75) is 47.0 Å². The van der Waals surface area contributed by atoms with Crippen molar-refractivity contribution in [3.8, 4) is 28.7 Å². The van der Waals surface area contributed by atoms with Gasteiger partial charge in [-0.3, -0.25) is 14.4 Å². The molecule has 1 unspecified atom stereocenters. The molecule has 0 aliphatic heterocycles. The van der Waals surface area contributed by atoms with Crippen molar-refractivity contribution >= 4 is 23.9 Å². The van der Waals surface area contributed by atoms with Crippen LogP contribution in [0.3, 0.4) is 0 Å². The summed E-state index contributed by atoms with van der Waals surface area (Å²) in [6.45, 7) is 7.46. The highest BCUT2D eigenvalue weighted by atomic mass is 16.6. The zero-order valence-electron chi connectivity index (χ0n) is 24.8. The molecule has 0 N–H and O–H groups in total. The Morgan fingerprint density at radius 1 is 0.744 bits per heavy atom. The van der Waals surface area contributed by atoms with Crippen LogP contribution in [0.2, 0.25) is 0 Å². The van der Waals surface area contributed by atoms with E-state index in [1.165, 1.54) is 24.3 Å². The molecule has 0 aromatic heterocycles. The third kappa shape index (κ3) is 10.4. The molecule has 3 aromatic rings. The predicted octanol–water partition coefficient (Wildman–Crippen LogP) is 6.29. The summed E-state index contributed by atoms with van der Waals surface area (Å²) in [5, 5.41) is 8.94. The van der Waals surface area contributed by atoms with Crippen molar-refractivity contribution < 1.29 is 38.1 Å². The topological polar surface area (TPSA) is 129 Å². The number of esters is 4. The van der Waals surface area contributed by atoms with Crippen LogP contribution in [0.15, 0.2) is 72.8 Å². The number of benzene rings is 3. The Balaban J connectivity index is 1.41. The summed E-state index contributed by atoms with van der Waals surface area (Å²) >= 11 is 0. The Labute approximate surface area is 251 Å². The van der Waals surface area contributed by atoms with Gasteiger partial charge in [0.15, 0.2) is 0 Å². The number of rotatable bonds is 13. The number of hydrogen-bond donors (Lipinski definition) is 0. The zero-order valence-corrected chi connectivity index (χ0v) is 24.8. The smallest absolute Gasteiger partial charge is 0.343 e. The lowest BCUT2D eigenvalue weighted by molar-refractivity contribution is -0.156. The molecule has 0 heterocycles. The Morgan fingerprint density at radius 2 is 1.26 bits per heavy atom. The molecule has 0 spiro atoms. The molecule has 0 radical (unpaired) electrons. The van der Waals surface area contributed by atoms with E-state index < -0.39 is 23.3 Å². The summed E-state index contributed by atoms with van der Waals surface area (Å²) in [5.41, 5.74) is 2.10. The molecule has 0 fully saturated rings. The van der Waals surface area contributed by atoms with E-state index in [2.05, 4.69) is 6.07 Å². The number of nitriles is 1. The Kier molecular flexibility index (Phi) is 11.6. The van der Waals surface area contributed by atoms with Crippen LogP contribution in [-0.2, 0) is 23.9 Å². The summed E-state index contributed by atoms with van der Waals surface area (Å²) < 4.78 is 21.2. The third-order valence-electron chi connectivity index (χ3n) is 6.51. The van der Waals surface area contributed by atoms with Crippen LogP contribution in [0.25, 0.3) is 11.1 Å². The van der Waals surface area contributed by atoms with E-state index in [1.54, 1.807) is 31.2 Å². The molecule has 0 aliphatic rings. The van der Waals surface area contributed by atoms with E-state index >= 15 is 0 Å². The number of carbonyl (C=O) groups excluding carboxylic acids is 4. The lowest BCUT2D eigenvalue weighted by Gasteiger charge is -2.24. The SMILES string of the molecule is CCC(C)C(=O)OCC(C)(C)COC(=O)CCC(=O)Oc1ccc(C(=O)Oc2ccc(-c3ccc(C#N)cc3)cc2)cc1. The first-order chi connectivity index (χ1) is 20.5. The summed E-state index contributed by atoms with van der Waals surface area (Å²) in [6, 6.07) is 22.1. The van der Waals surface area contributed by atoms with Gasteiger partial charge < -0.3 is 18.9 Å². The minimum absolute atomic E-state index is 0.0352. The van der Waals surface area contributed by atoms with Crippen molar-refractivity contribution in [2.24, 2.45) is 11.3 Å². The Morgan fingerprint density at radius 3 is 1.84 bits per heavy atom. The Hall–Kier alpha value is -4.97. The maximum atomic E-state index is 12.6. The summed E-state index contributed by atoms with van der Waals surface area (Å²) in [6.07, 6.45) is 0.320. The molecule has 9 heteroatoms. The molecule has 224 valence electrons. The van der Waals surface area contributed by atoms with Crippen LogP contribution in [0.1, 0.15) is 62.9 Å². The molecule has 0 bridgehead atoms. The molecule has 9 nitrogen and oxygen atoms in total. The molecular weight excluding hydrogens is 550 g/mol. The second kappa shape index (κ2) is 15.3. The maximum absolute atomic E-state index is 12.6. The van der Waals surface area contributed by atoms with E-state index in [-0.39, 0.29) is 49.3 Å². The predicted molar refractivity (Wildman–Crippen MR) is 158 cm³/mol. The lowest BCUT2D eigenvalue weighted by Crippen LogP contribution is -2.30. The van der Waals surface area contributed by atoms with Gasteiger partial charge in [0.1, 0.15) is 11.5 Å². The van der Waals surface area contributed by atoms with Crippen molar-refractivity contribution in [3.63, 3.8) is 0 Å². The molecule has 3 aromatic carbocycles. The molecule has 3 rings (SSSR count).